The molecular formula is C11H12N4O3S. The van der Waals surface area contributed by atoms with Crippen LogP contribution in [0.2, 0.25) is 0 Å². The van der Waals surface area contributed by atoms with Gasteiger partial charge in [-0.15, -0.1) is 0 Å². The lowest BCUT2D eigenvalue weighted by Gasteiger charge is -2.10. The monoisotopic (exact) mass is 280 g/mol. The molecule has 0 aromatic heterocycles. The molecule has 0 fully saturated rings. The van der Waals surface area contributed by atoms with Gasteiger partial charge in [0.25, 0.3) is 0 Å². The number of benzene rings is 1. The van der Waals surface area contributed by atoms with E-state index in [1.165, 1.54) is 6.92 Å². The summed E-state index contributed by atoms with van der Waals surface area (Å²) in [6.45, 7) is 1.25. The fraction of sp³-hybridized carbons (Fsp3) is 0.273. The summed E-state index contributed by atoms with van der Waals surface area (Å²) in [4.78, 5) is -0.240. The van der Waals surface area contributed by atoms with Crippen molar-refractivity contribution >= 4 is 15.7 Å². The van der Waals surface area contributed by atoms with E-state index in [2.05, 4.69) is 4.72 Å². The van der Waals surface area contributed by atoms with E-state index in [0.29, 0.717) is 0 Å². The van der Waals surface area contributed by atoms with Crippen LogP contribution in [0.4, 0.5) is 5.69 Å². The molecule has 0 aliphatic carbocycles. The molecule has 19 heavy (non-hydrogen) atoms. The summed E-state index contributed by atoms with van der Waals surface area (Å²) < 4.78 is 26.0. The smallest absolute Gasteiger partial charge is 0.240 e. The molecule has 1 aromatic rings. The van der Waals surface area contributed by atoms with Gasteiger partial charge in [-0.2, -0.15) is 10.5 Å². The third-order valence-corrected chi connectivity index (χ3v) is 3.68. The molecular weight excluding hydrogens is 268 g/mol. The largest absolute Gasteiger partial charge is 0.397 e. The number of aliphatic hydroxyl groups excluding tert-OH is 1. The molecule has 4 N–H and O–H groups in total. The Bertz CT molecular complexity index is 633. The molecule has 1 rings (SSSR count). The number of sulfonamides is 1. The highest BCUT2D eigenvalue weighted by molar-refractivity contribution is 7.89. The first-order chi connectivity index (χ1) is 8.81. The zero-order valence-corrected chi connectivity index (χ0v) is 10.9. The van der Waals surface area contributed by atoms with Crippen molar-refractivity contribution in [2.45, 2.75) is 17.9 Å². The van der Waals surface area contributed by atoms with Gasteiger partial charge in [0.15, 0.2) is 0 Å². The minimum absolute atomic E-state index is 0.0560. The SMILES string of the molecule is CC(O)CNS(=O)(=O)c1cc(C#N)c(N)c(C#N)c1. The average molecular weight is 280 g/mol. The quantitative estimate of drug-likeness (QED) is 0.645. The maximum atomic E-state index is 11.9. The lowest BCUT2D eigenvalue weighted by Crippen LogP contribution is -2.30. The topological polar surface area (TPSA) is 140 Å². The average Bonchev–Trinajstić information content (AvgIpc) is 2.36. The summed E-state index contributed by atoms with van der Waals surface area (Å²) in [6, 6.07) is 5.63. The second kappa shape index (κ2) is 5.67. The Hall–Kier alpha value is -2.13. The summed E-state index contributed by atoms with van der Waals surface area (Å²) in [5.74, 6) is 0. The highest BCUT2D eigenvalue weighted by Gasteiger charge is 2.18. The second-order valence-electron chi connectivity index (χ2n) is 3.86. The number of nitrogens with zero attached hydrogens (tertiary/aromatic N) is 2. The third kappa shape index (κ3) is 3.42. The molecule has 0 bridgehead atoms. The van der Waals surface area contributed by atoms with E-state index in [0.717, 1.165) is 12.1 Å². The fourth-order valence-corrected chi connectivity index (χ4v) is 2.45. The highest BCUT2D eigenvalue weighted by Crippen LogP contribution is 2.21. The second-order valence-corrected chi connectivity index (χ2v) is 5.62. The van der Waals surface area contributed by atoms with Crippen LogP contribution in [-0.4, -0.2) is 26.2 Å². The Kier molecular flexibility index (Phi) is 4.46. The van der Waals surface area contributed by atoms with E-state index in [1.54, 1.807) is 12.1 Å². The van der Waals surface area contributed by atoms with Crippen LogP contribution in [0, 0.1) is 22.7 Å². The molecule has 0 radical (unpaired) electrons. The van der Waals surface area contributed by atoms with Gasteiger partial charge in [-0.1, -0.05) is 0 Å². The predicted molar refractivity (Wildman–Crippen MR) is 67.2 cm³/mol. The van der Waals surface area contributed by atoms with E-state index < -0.39 is 16.1 Å². The van der Waals surface area contributed by atoms with Gasteiger partial charge in [-0.25, -0.2) is 13.1 Å². The van der Waals surface area contributed by atoms with Gasteiger partial charge < -0.3 is 10.8 Å². The van der Waals surface area contributed by atoms with Crippen molar-refractivity contribution in [2.75, 3.05) is 12.3 Å². The predicted octanol–water partition coefficient (Wildman–Crippen LogP) is -0.329. The Labute approximate surface area is 110 Å². The number of rotatable bonds is 4. The van der Waals surface area contributed by atoms with Crippen LogP contribution in [-0.2, 0) is 10.0 Å². The molecule has 0 amide bonds. The third-order valence-electron chi connectivity index (χ3n) is 2.27. The van der Waals surface area contributed by atoms with Gasteiger partial charge in [0.2, 0.25) is 10.0 Å². The number of hydrogen-bond donors (Lipinski definition) is 3. The molecule has 1 unspecified atom stereocenters. The number of anilines is 1. The molecule has 0 heterocycles. The molecule has 0 spiro atoms. The molecule has 8 heteroatoms. The number of aliphatic hydroxyl groups is 1. The Morgan fingerprint density at radius 1 is 1.37 bits per heavy atom. The summed E-state index contributed by atoms with van der Waals surface area (Å²) in [5.41, 5.74) is 5.31. The summed E-state index contributed by atoms with van der Waals surface area (Å²) >= 11 is 0. The Morgan fingerprint density at radius 2 is 1.84 bits per heavy atom. The van der Waals surface area contributed by atoms with Gasteiger partial charge in [0.1, 0.15) is 12.1 Å². The molecule has 0 saturated heterocycles. The maximum Gasteiger partial charge on any atom is 0.240 e. The van der Waals surface area contributed by atoms with Gasteiger partial charge in [0, 0.05) is 6.54 Å². The van der Waals surface area contributed by atoms with Crippen molar-refractivity contribution in [3.8, 4) is 12.1 Å². The van der Waals surface area contributed by atoms with E-state index in [1.807, 2.05) is 0 Å². The van der Waals surface area contributed by atoms with Gasteiger partial charge in [0.05, 0.1) is 27.8 Å². The standard InChI is InChI=1S/C11H12N4O3S/c1-7(16)6-15-19(17,18)10-2-8(4-12)11(14)9(3-10)5-13/h2-3,7,15-16H,6,14H2,1H3. The van der Waals surface area contributed by atoms with Gasteiger partial charge in [-0.3, -0.25) is 0 Å². The van der Waals surface area contributed by atoms with Crippen LogP contribution in [0.25, 0.3) is 0 Å². The lowest BCUT2D eigenvalue weighted by atomic mass is 10.1. The summed E-state index contributed by atoms with van der Waals surface area (Å²) in [7, 11) is -3.91. The summed E-state index contributed by atoms with van der Waals surface area (Å²) in [5, 5.41) is 26.8. The molecule has 7 nitrogen and oxygen atoms in total. The molecule has 0 aliphatic rings. The van der Waals surface area contributed by atoms with Crippen molar-refractivity contribution in [2.24, 2.45) is 0 Å². The lowest BCUT2D eigenvalue weighted by molar-refractivity contribution is 0.198. The minimum atomic E-state index is -3.91. The van der Waals surface area contributed by atoms with Crippen LogP contribution in [0.1, 0.15) is 18.1 Å². The number of nitriles is 2. The van der Waals surface area contributed by atoms with Crippen molar-refractivity contribution in [1.82, 2.24) is 4.72 Å². The summed E-state index contributed by atoms with van der Waals surface area (Å²) in [6.07, 6.45) is -0.852. The zero-order chi connectivity index (χ0) is 14.6. The van der Waals surface area contributed by atoms with Crippen LogP contribution in [0.5, 0.6) is 0 Å². The van der Waals surface area contributed by atoms with E-state index in [9.17, 15) is 8.42 Å². The molecule has 1 atom stereocenters. The van der Waals surface area contributed by atoms with Gasteiger partial charge in [-0.05, 0) is 19.1 Å². The Morgan fingerprint density at radius 3 is 2.21 bits per heavy atom. The van der Waals surface area contributed by atoms with Crippen LogP contribution < -0.4 is 10.5 Å². The number of nitrogens with one attached hydrogen (secondary N) is 1. The molecule has 1 aromatic carbocycles. The normalized spacial score (nSPS) is 12.4. The first kappa shape index (κ1) is 14.9. The van der Waals surface area contributed by atoms with Crippen LogP contribution >= 0.6 is 0 Å². The van der Waals surface area contributed by atoms with E-state index in [4.69, 9.17) is 21.4 Å². The van der Waals surface area contributed by atoms with Gasteiger partial charge >= 0.3 is 0 Å². The van der Waals surface area contributed by atoms with Crippen molar-refractivity contribution in [1.29, 1.82) is 10.5 Å². The van der Waals surface area contributed by atoms with Crippen molar-refractivity contribution in [3.63, 3.8) is 0 Å². The highest BCUT2D eigenvalue weighted by atomic mass is 32.2. The number of hydrogen-bond acceptors (Lipinski definition) is 6. The minimum Gasteiger partial charge on any atom is -0.397 e. The first-order valence-electron chi connectivity index (χ1n) is 5.23. The van der Waals surface area contributed by atoms with Crippen molar-refractivity contribution < 1.29 is 13.5 Å². The van der Waals surface area contributed by atoms with Crippen molar-refractivity contribution in [3.05, 3.63) is 23.3 Å². The Balaban J connectivity index is 3.30. The maximum absolute atomic E-state index is 11.9. The van der Waals surface area contributed by atoms with E-state index in [-0.39, 0.29) is 28.3 Å². The number of nitrogen functional groups attached to an aromatic ring is 1. The molecule has 100 valence electrons. The van der Waals surface area contributed by atoms with E-state index >= 15 is 0 Å². The zero-order valence-electron chi connectivity index (χ0n) is 10.1. The molecule has 0 aliphatic heterocycles. The molecule has 0 saturated carbocycles. The number of nitrogens with two attached hydrogens (primary N) is 1. The first-order valence-corrected chi connectivity index (χ1v) is 6.71. The van der Waals surface area contributed by atoms with Crippen LogP contribution in [0.15, 0.2) is 17.0 Å². The van der Waals surface area contributed by atoms with Crippen LogP contribution in [0.3, 0.4) is 0 Å². The fourth-order valence-electron chi connectivity index (χ4n) is 1.28.